The molecule has 1 aromatic carbocycles. The molecule has 0 saturated heterocycles. The minimum absolute atomic E-state index is 0.487. The lowest BCUT2D eigenvalue weighted by molar-refractivity contribution is 0.129. The van der Waals surface area contributed by atoms with Crippen molar-refractivity contribution in [3.05, 3.63) is 34.9 Å². The summed E-state index contributed by atoms with van der Waals surface area (Å²) in [6.07, 6.45) is 1.54. The molecular formula is C14H22ClNO2. The van der Waals surface area contributed by atoms with E-state index < -0.39 is 6.10 Å². The molecule has 0 aromatic heterocycles. The first kappa shape index (κ1) is 15.4. The SMILES string of the molecule is CCCOCCCNCC(O)c1ccc(Cl)cc1. The van der Waals surface area contributed by atoms with Crippen LogP contribution in [-0.4, -0.2) is 31.4 Å². The Hall–Kier alpha value is -0.610. The van der Waals surface area contributed by atoms with Gasteiger partial charge in [0.25, 0.3) is 0 Å². The van der Waals surface area contributed by atoms with Crippen LogP contribution in [0.5, 0.6) is 0 Å². The van der Waals surface area contributed by atoms with Crippen LogP contribution in [0.4, 0.5) is 0 Å². The van der Waals surface area contributed by atoms with Crippen LogP contribution in [0.15, 0.2) is 24.3 Å². The number of hydrogen-bond acceptors (Lipinski definition) is 3. The van der Waals surface area contributed by atoms with E-state index in [1.165, 1.54) is 0 Å². The molecule has 0 heterocycles. The van der Waals surface area contributed by atoms with Crippen LogP contribution in [0.2, 0.25) is 5.02 Å². The van der Waals surface area contributed by atoms with E-state index in [9.17, 15) is 5.11 Å². The first-order valence-electron chi connectivity index (χ1n) is 6.46. The first-order valence-corrected chi connectivity index (χ1v) is 6.84. The zero-order valence-electron chi connectivity index (χ0n) is 10.9. The molecule has 0 saturated carbocycles. The van der Waals surface area contributed by atoms with Crippen molar-refractivity contribution in [2.45, 2.75) is 25.9 Å². The van der Waals surface area contributed by atoms with Gasteiger partial charge in [0, 0.05) is 24.8 Å². The van der Waals surface area contributed by atoms with Gasteiger partial charge in [0.15, 0.2) is 0 Å². The van der Waals surface area contributed by atoms with Crippen molar-refractivity contribution in [2.75, 3.05) is 26.3 Å². The quantitative estimate of drug-likeness (QED) is 0.679. The van der Waals surface area contributed by atoms with Crippen molar-refractivity contribution >= 4 is 11.6 Å². The van der Waals surface area contributed by atoms with E-state index in [0.29, 0.717) is 11.6 Å². The first-order chi connectivity index (χ1) is 8.74. The highest BCUT2D eigenvalue weighted by Gasteiger charge is 2.06. The summed E-state index contributed by atoms with van der Waals surface area (Å²) in [6, 6.07) is 7.27. The molecule has 102 valence electrons. The fraction of sp³-hybridized carbons (Fsp3) is 0.571. The van der Waals surface area contributed by atoms with E-state index in [0.717, 1.165) is 38.2 Å². The second kappa shape index (κ2) is 9.34. The molecule has 1 rings (SSSR count). The minimum Gasteiger partial charge on any atom is -0.387 e. The largest absolute Gasteiger partial charge is 0.387 e. The van der Waals surface area contributed by atoms with E-state index in [2.05, 4.69) is 12.2 Å². The number of ether oxygens (including phenoxy) is 1. The van der Waals surface area contributed by atoms with E-state index in [-0.39, 0.29) is 0 Å². The van der Waals surface area contributed by atoms with E-state index in [1.807, 2.05) is 12.1 Å². The Morgan fingerprint density at radius 1 is 1.28 bits per heavy atom. The molecule has 0 amide bonds. The summed E-state index contributed by atoms with van der Waals surface area (Å²) in [6.45, 7) is 5.11. The Balaban J connectivity index is 2.10. The Bertz CT molecular complexity index is 316. The van der Waals surface area contributed by atoms with Gasteiger partial charge in [-0.25, -0.2) is 0 Å². The van der Waals surface area contributed by atoms with Crippen molar-refractivity contribution in [1.29, 1.82) is 0 Å². The second-order valence-electron chi connectivity index (χ2n) is 4.24. The molecular weight excluding hydrogens is 250 g/mol. The lowest BCUT2D eigenvalue weighted by Gasteiger charge is -2.12. The number of aliphatic hydroxyl groups excluding tert-OH is 1. The summed E-state index contributed by atoms with van der Waals surface area (Å²) in [4.78, 5) is 0. The van der Waals surface area contributed by atoms with Gasteiger partial charge < -0.3 is 15.2 Å². The third-order valence-corrected chi connectivity index (χ3v) is 2.84. The summed E-state index contributed by atoms with van der Waals surface area (Å²) in [5.41, 5.74) is 0.883. The molecule has 0 radical (unpaired) electrons. The molecule has 4 heteroatoms. The van der Waals surface area contributed by atoms with E-state index in [4.69, 9.17) is 16.3 Å². The van der Waals surface area contributed by atoms with Gasteiger partial charge in [-0.05, 0) is 37.1 Å². The summed E-state index contributed by atoms with van der Waals surface area (Å²) >= 11 is 5.79. The van der Waals surface area contributed by atoms with Crippen molar-refractivity contribution in [1.82, 2.24) is 5.32 Å². The predicted octanol–water partition coefficient (Wildman–Crippen LogP) is 2.78. The fourth-order valence-electron chi connectivity index (χ4n) is 1.59. The number of benzene rings is 1. The topological polar surface area (TPSA) is 41.5 Å². The van der Waals surface area contributed by atoms with Crippen LogP contribution in [-0.2, 0) is 4.74 Å². The highest BCUT2D eigenvalue weighted by Crippen LogP contribution is 2.15. The molecule has 18 heavy (non-hydrogen) atoms. The van der Waals surface area contributed by atoms with Gasteiger partial charge in [0.2, 0.25) is 0 Å². The zero-order valence-corrected chi connectivity index (χ0v) is 11.6. The molecule has 0 fully saturated rings. The predicted molar refractivity (Wildman–Crippen MR) is 75.0 cm³/mol. The smallest absolute Gasteiger partial charge is 0.0914 e. The van der Waals surface area contributed by atoms with E-state index >= 15 is 0 Å². The van der Waals surface area contributed by atoms with Crippen molar-refractivity contribution in [3.8, 4) is 0 Å². The Labute approximate surface area is 114 Å². The minimum atomic E-state index is -0.487. The van der Waals surface area contributed by atoms with Gasteiger partial charge in [-0.15, -0.1) is 0 Å². The maximum absolute atomic E-state index is 9.92. The van der Waals surface area contributed by atoms with Crippen LogP contribution < -0.4 is 5.32 Å². The standard InChI is InChI=1S/C14H22ClNO2/c1-2-9-18-10-3-8-16-11-14(17)12-4-6-13(15)7-5-12/h4-7,14,16-17H,2-3,8-11H2,1H3. The number of rotatable bonds is 9. The van der Waals surface area contributed by atoms with Crippen molar-refractivity contribution < 1.29 is 9.84 Å². The van der Waals surface area contributed by atoms with E-state index in [1.54, 1.807) is 12.1 Å². The maximum atomic E-state index is 9.92. The Morgan fingerprint density at radius 3 is 2.67 bits per heavy atom. The van der Waals surface area contributed by atoms with Gasteiger partial charge in [0.1, 0.15) is 0 Å². The highest BCUT2D eigenvalue weighted by atomic mass is 35.5. The van der Waals surface area contributed by atoms with Crippen LogP contribution >= 0.6 is 11.6 Å². The molecule has 1 aromatic rings. The molecule has 0 aliphatic rings. The molecule has 3 nitrogen and oxygen atoms in total. The lowest BCUT2D eigenvalue weighted by Crippen LogP contribution is -2.23. The monoisotopic (exact) mass is 271 g/mol. The van der Waals surface area contributed by atoms with Crippen LogP contribution in [0, 0.1) is 0 Å². The molecule has 0 spiro atoms. The van der Waals surface area contributed by atoms with Gasteiger partial charge in [-0.2, -0.15) is 0 Å². The second-order valence-corrected chi connectivity index (χ2v) is 4.67. The number of aliphatic hydroxyl groups is 1. The number of hydrogen-bond donors (Lipinski definition) is 2. The third kappa shape index (κ3) is 6.36. The number of nitrogens with one attached hydrogen (secondary N) is 1. The normalized spacial score (nSPS) is 12.6. The average molecular weight is 272 g/mol. The maximum Gasteiger partial charge on any atom is 0.0914 e. The molecule has 1 unspecified atom stereocenters. The molecule has 0 bridgehead atoms. The lowest BCUT2D eigenvalue weighted by atomic mass is 10.1. The van der Waals surface area contributed by atoms with Gasteiger partial charge in [-0.3, -0.25) is 0 Å². The Kier molecular flexibility index (Phi) is 8.01. The molecule has 1 atom stereocenters. The summed E-state index contributed by atoms with van der Waals surface area (Å²) in [5.74, 6) is 0. The zero-order chi connectivity index (χ0) is 13.2. The van der Waals surface area contributed by atoms with Crippen LogP contribution in [0.1, 0.15) is 31.4 Å². The summed E-state index contributed by atoms with van der Waals surface area (Å²) in [7, 11) is 0. The Morgan fingerprint density at radius 2 is 2.00 bits per heavy atom. The van der Waals surface area contributed by atoms with Crippen molar-refractivity contribution in [2.24, 2.45) is 0 Å². The van der Waals surface area contributed by atoms with Gasteiger partial charge >= 0.3 is 0 Å². The van der Waals surface area contributed by atoms with Gasteiger partial charge in [0.05, 0.1) is 6.10 Å². The van der Waals surface area contributed by atoms with Crippen LogP contribution in [0.3, 0.4) is 0 Å². The fourth-order valence-corrected chi connectivity index (χ4v) is 1.71. The van der Waals surface area contributed by atoms with Crippen molar-refractivity contribution in [3.63, 3.8) is 0 Å². The summed E-state index contributed by atoms with van der Waals surface area (Å²) < 4.78 is 5.37. The molecule has 2 N–H and O–H groups in total. The summed E-state index contributed by atoms with van der Waals surface area (Å²) in [5, 5.41) is 13.8. The van der Waals surface area contributed by atoms with Crippen LogP contribution in [0.25, 0.3) is 0 Å². The molecule has 0 aliphatic heterocycles. The third-order valence-electron chi connectivity index (χ3n) is 2.58. The number of halogens is 1. The molecule has 0 aliphatic carbocycles. The van der Waals surface area contributed by atoms with Gasteiger partial charge in [-0.1, -0.05) is 30.7 Å². The average Bonchev–Trinajstić information content (AvgIpc) is 2.38. The highest BCUT2D eigenvalue weighted by molar-refractivity contribution is 6.30.